The second-order valence-electron chi connectivity index (χ2n) is 6.12. The monoisotopic (exact) mass is 276 g/mol. The lowest BCUT2D eigenvalue weighted by Gasteiger charge is -2.19. The van der Waals surface area contributed by atoms with E-state index in [1.807, 2.05) is 0 Å². The van der Waals surface area contributed by atoms with Crippen molar-refractivity contribution in [1.82, 2.24) is 10.2 Å². The molecule has 0 aliphatic heterocycles. The molecule has 0 heterocycles. The number of rotatable bonds is 8. The molecule has 1 unspecified atom stereocenters. The van der Waals surface area contributed by atoms with Crippen LogP contribution in [0.1, 0.15) is 45.2 Å². The molecule has 1 atom stereocenters. The lowest BCUT2D eigenvalue weighted by molar-refractivity contribution is 0.242. The molecule has 3 heteroatoms. The van der Waals surface area contributed by atoms with E-state index in [2.05, 4.69) is 62.3 Å². The third-order valence-electron chi connectivity index (χ3n) is 3.84. The summed E-state index contributed by atoms with van der Waals surface area (Å²) in [5, 5.41) is 3.59. The van der Waals surface area contributed by atoms with Gasteiger partial charge in [0.05, 0.1) is 6.10 Å². The summed E-state index contributed by atoms with van der Waals surface area (Å²) in [5.41, 5.74) is 1.31. The molecule has 1 fully saturated rings. The van der Waals surface area contributed by atoms with Crippen LogP contribution in [0.3, 0.4) is 0 Å². The summed E-state index contributed by atoms with van der Waals surface area (Å²) in [7, 11) is 2.22. The molecule has 3 nitrogen and oxygen atoms in total. The number of nitrogens with zero attached hydrogens (tertiary/aromatic N) is 1. The van der Waals surface area contributed by atoms with Gasteiger partial charge in [-0.3, -0.25) is 0 Å². The van der Waals surface area contributed by atoms with E-state index >= 15 is 0 Å². The van der Waals surface area contributed by atoms with Gasteiger partial charge in [-0.2, -0.15) is 0 Å². The molecule has 1 aliphatic rings. The second-order valence-corrected chi connectivity index (χ2v) is 6.12. The summed E-state index contributed by atoms with van der Waals surface area (Å²) in [5.74, 6) is 0.949. The Morgan fingerprint density at radius 1 is 1.20 bits per heavy atom. The van der Waals surface area contributed by atoms with Crippen LogP contribution in [0.2, 0.25) is 0 Å². The fraction of sp³-hybridized carbons (Fsp3) is 0.647. The van der Waals surface area contributed by atoms with Gasteiger partial charge in [0.15, 0.2) is 0 Å². The third kappa shape index (κ3) is 4.80. The van der Waals surface area contributed by atoms with Crippen LogP contribution in [0.15, 0.2) is 24.3 Å². The van der Waals surface area contributed by atoms with Gasteiger partial charge < -0.3 is 15.0 Å². The zero-order valence-corrected chi connectivity index (χ0v) is 13.2. The molecule has 0 aromatic heterocycles. The van der Waals surface area contributed by atoms with Crippen molar-refractivity contribution < 1.29 is 4.74 Å². The first kappa shape index (κ1) is 15.3. The van der Waals surface area contributed by atoms with Gasteiger partial charge in [0, 0.05) is 25.2 Å². The molecule has 2 rings (SSSR count). The van der Waals surface area contributed by atoms with E-state index in [9.17, 15) is 0 Å². The molecule has 1 saturated carbocycles. The standard InChI is InChI=1S/C17H28N2O/c1-13(2)20-17-9-5-15(6-10-17)14(3)18-11-12-19(4)16-7-8-16/h5-6,9-10,13-14,16,18H,7-8,11-12H2,1-4H3. The van der Waals surface area contributed by atoms with Crippen molar-refractivity contribution in [2.45, 2.75) is 51.8 Å². The first-order valence-corrected chi connectivity index (χ1v) is 7.76. The SMILES string of the molecule is CC(C)Oc1ccc(C(C)NCCN(C)C2CC2)cc1. The van der Waals surface area contributed by atoms with Gasteiger partial charge >= 0.3 is 0 Å². The summed E-state index contributed by atoms with van der Waals surface area (Å²) in [6.07, 6.45) is 2.99. The highest BCUT2D eigenvalue weighted by molar-refractivity contribution is 5.29. The minimum Gasteiger partial charge on any atom is -0.491 e. The van der Waals surface area contributed by atoms with Crippen molar-refractivity contribution in [3.8, 4) is 5.75 Å². The van der Waals surface area contributed by atoms with Crippen LogP contribution in [0, 0.1) is 0 Å². The number of ether oxygens (including phenoxy) is 1. The highest BCUT2D eigenvalue weighted by Crippen LogP contribution is 2.24. The van der Waals surface area contributed by atoms with Crippen LogP contribution >= 0.6 is 0 Å². The van der Waals surface area contributed by atoms with Crippen LogP contribution in [-0.2, 0) is 0 Å². The predicted molar refractivity (Wildman–Crippen MR) is 84.3 cm³/mol. The Morgan fingerprint density at radius 2 is 1.85 bits per heavy atom. The second kappa shape index (κ2) is 7.09. The van der Waals surface area contributed by atoms with Crippen LogP contribution in [0.25, 0.3) is 0 Å². The molecule has 1 N–H and O–H groups in total. The van der Waals surface area contributed by atoms with Gasteiger partial charge in [-0.1, -0.05) is 12.1 Å². The van der Waals surface area contributed by atoms with E-state index in [0.29, 0.717) is 6.04 Å². The topological polar surface area (TPSA) is 24.5 Å². The van der Waals surface area contributed by atoms with Crippen LogP contribution in [-0.4, -0.2) is 37.2 Å². The quantitative estimate of drug-likeness (QED) is 0.789. The number of hydrogen-bond donors (Lipinski definition) is 1. The summed E-state index contributed by atoms with van der Waals surface area (Å²) in [6.45, 7) is 8.49. The molecule has 1 aromatic carbocycles. The van der Waals surface area contributed by atoms with Gasteiger partial charge in [-0.25, -0.2) is 0 Å². The molecule has 0 amide bonds. The minimum atomic E-state index is 0.231. The highest BCUT2D eigenvalue weighted by Gasteiger charge is 2.25. The zero-order valence-electron chi connectivity index (χ0n) is 13.2. The maximum atomic E-state index is 5.67. The van der Waals surface area contributed by atoms with E-state index in [1.165, 1.54) is 18.4 Å². The number of benzene rings is 1. The summed E-state index contributed by atoms with van der Waals surface area (Å²) < 4.78 is 5.67. The summed E-state index contributed by atoms with van der Waals surface area (Å²) >= 11 is 0. The first-order valence-electron chi connectivity index (χ1n) is 7.76. The molecule has 0 spiro atoms. The van der Waals surface area contributed by atoms with Crippen LogP contribution < -0.4 is 10.1 Å². The smallest absolute Gasteiger partial charge is 0.119 e. The Morgan fingerprint density at radius 3 is 2.40 bits per heavy atom. The van der Waals surface area contributed by atoms with E-state index in [0.717, 1.165) is 24.9 Å². The lowest BCUT2D eigenvalue weighted by Crippen LogP contribution is -2.31. The molecule has 20 heavy (non-hydrogen) atoms. The van der Waals surface area contributed by atoms with E-state index < -0.39 is 0 Å². The third-order valence-corrected chi connectivity index (χ3v) is 3.84. The highest BCUT2D eigenvalue weighted by atomic mass is 16.5. The lowest BCUT2D eigenvalue weighted by atomic mass is 10.1. The number of hydrogen-bond acceptors (Lipinski definition) is 3. The zero-order chi connectivity index (χ0) is 14.5. The number of nitrogens with one attached hydrogen (secondary N) is 1. The summed E-state index contributed by atoms with van der Waals surface area (Å²) in [6, 6.07) is 9.66. The van der Waals surface area contributed by atoms with Gasteiger partial charge in [-0.15, -0.1) is 0 Å². The van der Waals surface area contributed by atoms with Crippen LogP contribution in [0.4, 0.5) is 0 Å². The molecule has 1 aliphatic carbocycles. The normalized spacial score (nSPS) is 16.7. The van der Waals surface area contributed by atoms with Crippen molar-refractivity contribution in [3.05, 3.63) is 29.8 Å². The molecule has 0 saturated heterocycles. The Balaban J connectivity index is 1.74. The van der Waals surface area contributed by atoms with Gasteiger partial charge in [-0.05, 0) is 58.4 Å². The number of likely N-dealkylation sites (N-methyl/N-ethyl adjacent to an activating group) is 1. The van der Waals surface area contributed by atoms with E-state index in [4.69, 9.17) is 4.74 Å². The Kier molecular flexibility index (Phi) is 5.44. The van der Waals surface area contributed by atoms with Crippen molar-refractivity contribution in [2.24, 2.45) is 0 Å². The van der Waals surface area contributed by atoms with E-state index in [-0.39, 0.29) is 6.10 Å². The molecule has 112 valence electrons. The average Bonchev–Trinajstić information content (AvgIpc) is 3.23. The molecular formula is C17H28N2O. The molecule has 0 bridgehead atoms. The summed E-state index contributed by atoms with van der Waals surface area (Å²) in [4.78, 5) is 2.46. The van der Waals surface area contributed by atoms with Crippen molar-refractivity contribution >= 4 is 0 Å². The maximum Gasteiger partial charge on any atom is 0.119 e. The van der Waals surface area contributed by atoms with E-state index in [1.54, 1.807) is 0 Å². The fourth-order valence-electron chi connectivity index (χ4n) is 2.38. The van der Waals surface area contributed by atoms with Gasteiger partial charge in [0.1, 0.15) is 5.75 Å². The van der Waals surface area contributed by atoms with Crippen molar-refractivity contribution in [3.63, 3.8) is 0 Å². The van der Waals surface area contributed by atoms with Crippen molar-refractivity contribution in [2.75, 3.05) is 20.1 Å². The molecule has 0 radical (unpaired) electrons. The Bertz CT molecular complexity index is 398. The van der Waals surface area contributed by atoms with Crippen LogP contribution in [0.5, 0.6) is 5.75 Å². The van der Waals surface area contributed by atoms with Gasteiger partial charge in [0.25, 0.3) is 0 Å². The fourth-order valence-corrected chi connectivity index (χ4v) is 2.38. The Hall–Kier alpha value is -1.06. The first-order chi connectivity index (χ1) is 9.56. The maximum absolute atomic E-state index is 5.67. The predicted octanol–water partition coefficient (Wildman–Crippen LogP) is 3.22. The average molecular weight is 276 g/mol. The molecular weight excluding hydrogens is 248 g/mol. The minimum absolute atomic E-state index is 0.231. The Labute approximate surface area is 123 Å². The van der Waals surface area contributed by atoms with Crippen molar-refractivity contribution in [1.29, 1.82) is 0 Å². The largest absolute Gasteiger partial charge is 0.491 e. The van der Waals surface area contributed by atoms with Gasteiger partial charge in [0.2, 0.25) is 0 Å². The molecule has 1 aromatic rings.